The summed E-state index contributed by atoms with van der Waals surface area (Å²) in [6.07, 6.45) is 5.09. The van der Waals surface area contributed by atoms with Crippen LogP contribution in [-0.4, -0.2) is 27.4 Å². The molecule has 26 heavy (non-hydrogen) atoms. The van der Waals surface area contributed by atoms with Crippen molar-refractivity contribution in [3.8, 4) is 0 Å². The lowest BCUT2D eigenvalue weighted by molar-refractivity contribution is 0.0949. The zero-order valence-electron chi connectivity index (χ0n) is 14.0. The minimum absolute atomic E-state index is 0.227. The van der Waals surface area contributed by atoms with Gasteiger partial charge in [-0.3, -0.25) is 9.78 Å². The van der Waals surface area contributed by atoms with E-state index in [0.717, 1.165) is 5.69 Å². The topological polar surface area (TPSA) is 79.8 Å². The molecule has 0 spiro atoms. The van der Waals surface area contributed by atoms with Gasteiger partial charge >= 0.3 is 0 Å². The number of carbonyl (C=O) groups is 1. The summed E-state index contributed by atoms with van der Waals surface area (Å²) >= 11 is 0. The molecule has 0 saturated heterocycles. The normalized spacial score (nSPS) is 10.3. The molecule has 0 radical (unpaired) electrons. The maximum absolute atomic E-state index is 13.5. The molecule has 0 unspecified atom stereocenters. The number of hydrogen-bond donors (Lipinski definition) is 2. The van der Waals surface area contributed by atoms with Crippen molar-refractivity contribution in [2.45, 2.75) is 13.0 Å². The molecule has 0 aliphatic carbocycles. The average Bonchev–Trinajstić information content (AvgIpc) is 2.69. The zero-order valence-corrected chi connectivity index (χ0v) is 14.0. The fourth-order valence-corrected chi connectivity index (χ4v) is 2.32. The molecule has 2 N–H and O–H groups in total. The number of rotatable bonds is 7. The molecule has 2 heterocycles. The SMILES string of the molecule is O=C(NCc1ccccn1)c1cnc(NCCc2ccccc2F)nc1. The van der Waals surface area contributed by atoms with Gasteiger partial charge in [-0.1, -0.05) is 24.3 Å². The lowest BCUT2D eigenvalue weighted by atomic mass is 10.1. The van der Waals surface area contributed by atoms with Gasteiger partial charge in [-0.25, -0.2) is 14.4 Å². The number of nitrogens with zero attached hydrogens (tertiary/aromatic N) is 3. The van der Waals surface area contributed by atoms with Crippen LogP contribution in [0, 0.1) is 5.82 Å². The van der Waals surface area contributed by atoms with Gasteiger partial charge in [0.25, 0.3) is 5.91 Å². The number of halogens is 1. The third-order valence-corrected chi connectivity index (χ3v) is 3.71. The molecule has 6 nitrogen and oxygen atoms in total. The maximum atomic E-state index is 13.5. The van der Waals surface area contributed by atoms with Crippen molar-refractivity contribution in [3.05, 3.63) is 83.7 Å². The van der Waals surface area contributed by atoms with E-state index in [1.54, 1.807) is 24.4 Å². The van der Waals surface area contributed by atoms with Gasteiger partial charge in [0.2, 0.25) is 5.95 Å². The summed E-state index contributed by atoms with van der Waals surface area (Å²) in [6.45, 7) is 0.828. The Labute approximate surface area is 150 Å². The van der Waals surface area contributed by atoms with Crippen LogP contribution >= 0.6 is 0 Å². The summed E-state index contributed by atoms with van der Waals surface area (Å²) in [5.41, 5.74) is 1.76. The molecule has 0 aliphatic rings. The smallest absolute Gasteiger partial charge is 0.254 e. The van der Waals surface area contributed by atoms with E-state index in [1.165, 1.54) is 18.5 Å². The van der Waals surface area contributed by atoms with E-state index in [-0.39, 0.29) is 11.7 Å². The van der Waals surface area contributed by atoms with Crippen molar-refractivity contribution < 1.29 is 9.18 Å². The Kier molecular flexibility index (Phi) is 5.82. The van der Waals surface area contributed by atoms with E-state index >= 15 is 0 Å². The Morgan fingerprint density at radius 2 is 1.77 bits per heavy atom. The standard InChI is InChI=1S/C19H18FN5O/c20-17-7-2-1-5-14(17)8-10-22-19-24-11-15(12-25-19)18(26)23-13-16-6-3-4-9-21-16/h1-7,9,11-12H,8,10,13H2,(H,23,26)(H,22,24,25). The largest absolute Gasteiger partial charge is 0.354 e. The predicted molar refractivity (Wildman–Crippen MR) is 96.0 cm³/mol. The predicted octanol–water partition coefficient (Wildman–Crippen LogP) is 2.60. The van der Waals surface area contributed by atoms with Crippen LogP contribution in [-0.2, 0) is 13.0 Å². The zero-order chi connectivity index (χ0) is 18.2. The lowest BCUT2D eigenvalue weighted by Gasteiger charge is -2.07. The van der Waals surface area contributed by atoms with Gasteiger partial charge in [-0.15, -0.1) is 0 Å². The van der Waals surface area contributed by atoms with Crippen LogP contribution in [0.4, 0.5) is 10.3 Å². The first-order valence-corrected chi connectivity index (χ1v) is 8.20. The highest BCUT2D eigenvalue weighted by Crippen LogP contribution is 2.07. The highest BCUT2D eigenvalue weighted by atomic mass is 19.1. The Hall–Kier alpha value is -3.35. The molecule has 1 aromatic carbocycles. The minimum Gasteiger partial charge on any atom is -0.354 e. The van der Waals surface area contributed by atoms with E-state index in [9.17, 15) is 9.18 Å². The number of benzene rings is 1. The first-order valence-electron chi connectivity index (χ1n) is 8.20. The second kappa shape index (κ2) is 8.66. The summed E-state index contributed by atoms with van der Waals surface area (Å²) in [5, 5.41) is 5.78. The number of amides is 1. The lowest BCUT2D eigenvalue weighted by Crippen LogP contribution is -2.23. The van der Waals surface area contributed by atoms with Gasteiger partial charge in [-0.2, -0.15) is 0 Å². The highest BCUT2D eigenvalue weighted by molar-refractivity contribution is 5.93. The summed E-state index contributed by atoms with van der Waals surface area (Å²) in [6, 6.07) is 12.1. The Morgan fingerprint density at radius 3 is 2.50 bits per heavy atom. The Morgan fingerprint density at radius 1 is 1.00 bits per heavy atom. The molecule has 7 heteroatoms. The number of carbonyl (C=O) groups excluding carboxylic acids is 1. The number of anilines is 1. The van der Waals surface area contributed by atoms with Gasteiger partial charge < -0.3 is 10.6 Å². The van der Waals surface area contributed by atoms with Gasteiger partial charge in [-0.05, 0) is 30.2 Å². The van der Waals surface area contributed by atoms with Crippen molar-refractivity contribution in [2.24, 2.45) is 0 Å². The summed E-state index contributed by atoms with van der Waals surface area (Å²) in [7, 11) is 0. The van der Waals surface area contributed by atoms with Crippen molar-refractivity contribution >= 4 is 11.9 Å². The van der Waals surface area contributed by atoms with Crippen LogP contribution in [0.5, 0.6) is 0 Å². The molecule has 3 aromatic rings. The van der Waals surface area contributed by atoms with E-state index in [0.29, 0.717) is 36.6 Å². The van der Waals surface area contributed by atoms with E-state index in [2.05, 4.69) is 25.6 Å². The first kappa shape index (κ1) is 17.5. The summed E-state index contributed by atoms with van der Waals surface area (Å²) in [4.78, 5) is 24.5. The summed E-state index contributed by atoms with van der Waals surface area (Å²) in [5.74, 6) is -0.105. The monoisotopic (exact) mass is 351 g/mol. The van der Waals surface area contributed by atoms with Gasteiger partial charge in [0.05, 0.1) is 17.8 Å². The van der Waals surface area contributed by atoms with Gasteiger partial charge in [0.15, 0.2) is 0 Å². The second-order valence-corrected chi connectivity index (χ2v) is 5.57. The number of nitrogens with one attached hydrogen (secondary N) is 2. The third-order valence-electron chi connectivity index (χ3n) is 3.71. The van der Waals surface area contributed by atoms with E-state index < -0.39 is 0 Å². The van der Waals surface area contributed by atoms with Crippen LogP contribution in [0.1, 0.15) is 21.6 Å². The Balaban J connectivity index is 1.48. The van der Waals surface area contributed by atoms with E-state index in [1.807, 2.05) is 18.2 Å². The highest BCUT2D eigenvalue weighted by Gasteiger charge is 2.07. The van der Waals surface area contributed by atoms with Crippen molar-refractivity contribution in [1.82, 2.24) is 20.3 Å². The Bertz CT molecular complexity index is 855. The molecule has 2 aromatic heterocycles. The molecule has 132 valence electrons. The molecule has 0 atom stereocenters. The molecule has 0 bridgehead atoms. The quantitative estimate of drug-likeness (QED) is 0.684. The van der Waals surface area contributed by atoms with Gasteiger partial charge in [0.1, 0.15) is 5.82 Å². The molecule has 0 fully saturated rings. The molecule has 3 rings (SSSR count). The number of aromatic nitrogens is 3. The maximum Gasteiger partial charge on any atom is 0.254 e. The minimum atomic E-state index is -0.270. The van der Waals surface area contributed by atoms with Crippen LogP contribution in [0.2, 0.25) is 0 Å². The van der Waals surface area contributed by atoms with Crippen molar-refractivity contribution in [3.63, 3.8) is 0 Å². The van der Waals surface area contributed by atoms with Crippen LogP contribution in [0.3, 0.4) is 0 Å². The summed E-state index contributed by atoms with van der Waals surface area (Å²) < 4.78 is 13.5. The number of hydrogen-bond acceptors (Lipinski definition) is 5. The van der Waals surface area contributed by atoms with Crippen LogP contribution < -0.4 is 10.6 Å². The molecule has 0 aliphatic heterocycles. The molecular formula is C19H18FN5O. The van der Waals surface area contributed by atoms with E-state index in [4.69, 9.17) is 0 Å². The third kappa shape index (κ3) is 4.83. The van der Waals surface area contributed by atoms with Gasteiger partial charge in [0, 0.05) is 25.1 Å². The molecular weight excluding hydrogens is 333 g/mol. The first-order chi connectivity index (χ1) is 12.7. The van der Waals surface area contributed by atoms with Crippen LogP contribution in [0.15, 0.2) is 61.1 Å². The fraction of sp³-hybridized carbons (Fsp3) is 0.158. The average molecular weight is 351 g/mol. The van der Waals surface area contributed by atoms with Crippen molar-refractivity contribution in [1.29, 1.82) is 0 Å². The van der Waals surface area contributed by atoms with Crippen molar-refractivity contribution in [2.75, 3.05) is 11.9 Å². The second-order valence-electron chi connectivity index (χ2n) is 5.57. The molecule has 0 saturated carbocycles. The fourth-order valence-electron chi connectivity index (χ4n) is 2.32. The number of pyridine rings is 1. The molecule has 1 amide bonds. The van der Waals surface area contributed by atoms with Crippen LogP contribution in [0.25, 0.3) is 0 Å².